The van der Waals surface area contributed by atoms with E-state index in [2.05, 4.69) is 25.9 Å². The van der Waals surface area contributed by atoms with Gasteiger partial charge in [0.15, 0.2) is 0 Å². The van der Waals surface area contributed by atoms with Crippen molar-refractivity contribution < 1.29 is 14.5 Å². The zero-order valence-electron chi connectivity index (χ0n) is 15.1. The van der Waals surface area contributed by atoms with Crippen molar-refractivity contribution in [3.05, 3.63) is 21.5 Å². The van der Waals surface area contributed by atoms with Crippen molar-refractivity contribution in [3.8, 4) is 0 Å². The minimum absolute atomic E-state index is 0.0332. The molecule has 0 spiro atoms. The molecule has 134 valence electrons. The summed E-state index contributed by atoms with van der Waals surface area (Å²) in [6, 6.07) is 0. The maximum Gasteiger partial charge on any atom is 0.328 e. The van der Waals surface area contributed by atoms with E-state index in [-0.39, 0.29) is 24.3 Å². The van der Waals surface area contributed by atoms with Crippen LogP contribution in [0.5, 0.6) is 0 Å². The number of ether oxygens (including phenoxy) is 1. The van der Waals surface area contributed by atoms with E-state index >= 15 is 0 Å². The van der Waals surface area contributed by atoms with Crippen LogP contribution >= 0.6 is 0 Å². The van der Waals surface area contributed by atoms with Crippen LogP contribution in [0.1, 0.15) is 51.4 Å². The summed E-state index contributed by atoms with van der Waals surface area (Å²) in [6.07, 6.45) is 3.04. The fourth-order valence-corrected chi connectivity index (χ4v) is 3.68. The number of hydrogen-bond donors (Lipinski definition) is 0. The summed E-state index contributed by atoms with van der Waals surface area (Å²) in [4.78, 5) is 22.9. The van der Waals surface area contributed by atoms with Crippen LogP contribution in [0.2, 0.25) is 0 Å². The molecule has 7 nitrogen and oxygen atoms in total. The Morgan fingerprint density at radius 1 is 1.42 bits per heavy atom. The largest absolute Gasteiger partial charge is 0.461 e. The van der Waals surface area contributed by atoms with E-state index in [4.69, 9.17) is 4.74 Å². The van der Waals surface area contributed by atoms with Crippen LogP contribution in [-0.2, 0) is 16.1 Å². The Labute approximate surface area is 142 Å². The van der Waals surface area contributed by atoms with Gasteiger partial charge in [0.1, 0.15) is 24.0 Å². The maximum atomic E-state index is 12.3. The van der Waals surface area contributed by atoms with Crippen molar-refractivity contribution in [1.82, 2.24) is 9.78 Å². The van der Waals surface area contributed by atoms with Crippen LogP contribution in [0.15, 0.2) is 0 Å². The van der Waals surface area contributed by atoms with E-state index in [1.165, 1.54) is 11.1 Å². The molecule has 1 aliphatic carbocycles. The smallest absolute Gasteiger partial charge is 0.328 e. The number of nitrogens with zero attached hydrogens (tertiary/aromatic N) is 3. The molecular weight excluding hydrogens is 310 g/mol. The second-order valence-electron chi connectivity index (χ2n) is 7.29. The van der Waals surface area contributed by atoms with Gasteiger partial charge in [-0.1, -0.05) is 27.2 Å². The van der Waals surface area contributed by atoms with Crippen molar-refractivity contribution in [3.63, 3.8) is 0 Å². The van der Waals surface area contributed by atoms with Gasteiger partial charge in [-0.05, 0) is 44.4 Å². The number of nitro groups is 1. The summed E-state index contributed by atoms with van der Waals surface area (Å²) in [5.74, 6) is 1.01. The SMILES string of the molecule is Cc1nn(CC(=O)O[C@@H]2C[C@H](C)CC[C@H]2C(C)C)c(C)c1[N+](=O)[O-]. The Hall–Kier alpha value is -1.92. The average molecular weight is 337 g/mol. The molecule has 1 fully saturated rings. The second-order valence-corrected chi connectivity index (χ2v) is 7.29. The lowest BCUT2D eigenvalue weighted by atomic mass is 9.75. The Morgan fingerprint density at radius 2 is 2.08 bits per heavy atom. The maximum absolute atomic E-state index is 12.3. The van der Waals surface area contributed by atoms with Crippen LogP contribution in [0.25, 0.3) is 0 Å². The molecule has 24 heavy (non-hydrogen) atoms. The Bertz CT molecular complexity index is 624. The lowest BCUT2D eigenvalue weighted by Gasteiger charge is -2.36. The van der Waals surface area contributed by atoms with E-state index in [1.807, 2.05) is 0 Å². The molecule has 0 saturated heterocycles. The summed E-state index contributed by atoms with van der Waals surface area (Å²) in [5, 5.41) is 15.2. The average Bonchev–Trinajstić information content (AvgIpc) is 2.72. The first-order chi connectivity index (χ1) is 11.2. The lowest BCUT2D eigenvalue weighted by molar-refractivity contribution is -0.386. The van der Waals surface area contributed by atoms with Gasteiger partial charge in [0.2, 0.25) is 0 Å². The molecule has 1 aliphatic rings. The fraction of sp³-hybridized carbons (Fsp3) is 0.765. The Balaban J connectivity index is 2.07. The first kappa shape index (κ1) is 18.4. The molecule has 7 heteroatoms. The van der Waals surface area contributed by atoms with E-state index < -0.39 is 4.92 Å². The van der Waals surface area contributed by atoms with E-state index in [1.54, 1.807) is 13.8 Å². The molecule has 2 rings (SSSR count). The van der Waals surface area contributed by atoms with Crippen molar-refractivity contribution >= 4 is 11.7 Å². The zero-order valence-corrected chi connectivity index (χ0v) is 15.1. The topological polar surface area (TPSA) is 87.3 Å². The minimum atomic E-state index is -0.461. The Kier molecular flexibility index (Phi) is 5.62. The van der Waals surface area contributed by atoms with Gasteiger partial charge in [-0.25, -0.2) is 0 Å². The number of carbonyl (C=O) groups is 1. The van der Waals surface area contributed by atoms with Gasteiger partial charge < -0.3 is 4.74 Å². The molecule has 0 amide bonds. The number of esters is 1. The summed E-state index contributed by atoms with van der Waals surface area (Å²) in [7, 11) is 0. The summed E-state index contributed by atoms with van der Waals surface area (Å²) < 4.78 is 7.10. The van der Waals surface area contributed by atoms with Gasteiger partial charge in [0, 0.05) is 0 Å². The number of hydrogen-bond acceptors (Lipinski definition) is 5. The standard InChI is InChI=1S/C17H27N3O4/c1-10(2)14-7-6-11(3)8-15(14)24-16(21)9-19-13(5)17(20(22)23)12(4)18-19/h10-11,14-15H,6-9H2,1-5H3/t11-,14+,15-/m1/s1. The molecule has 0 unspecified atom stereocenters. The number of rotatable bonds is 5. The molecule has 1 heterocycles. The van der Waals surface area contributed by atoms with Gasteiger partial charge in [0.25, 0.3) is 0 Å². The Morgan fingerprint density at radius 3 is 2.62 bits per heavy atom. The van der Waals surface area contributed by atoms with Crippen LogP contribution in [0.4, 0.5) is 5.69 Å². The molecule has 0 aromatic carbocycles. The molecule has 1 saturated carbocycles. The first-order valence-corrected chi connectivity index (χ1v) is 8.58. The van der Waals surface area contributed by atoms with Crippen molar-refractivity contribution in [2.24, 2.45) is 17.8 Å². The molecule has 1 aromatic rings. The van der Waals surface area contributed by atoms with Crippen molar-refractivity contribution in [2.75, 3.05) is 0 Å². The van der Waals surface area contributed by atoms with Crippen molar-refractivity contribution in [2.45, 2.75) is 66.5 Å². The molecule has 3 atom stereocenters. The van der Waals surface area contributed by atoms with Gasteiger partial charge in [-0.15, -0.1) is 0 Å². The second kappa shape index (κ2) is 7.32. The number of aromatic nitrogens is 2. The molecule has 0 aliphatic heterocycles. The predicted molar refractivity (Wildman–Crippen MR) is 89.6 cm³/mol. The minimum Gasteiger partial charge on any atom is -0.461 e. The quantitative estimate of drug-likeness (QED) is 0.467. The monoisotopic (exact) mass is 337 g/mol. The summed E-state index contributed by atoms with van der Waals surface area (Å²) in [5.41, 5.74) is 0.665. The van der Waals surface area contributed by atoms with Gasteiger partial charge in [-0.2, -0.15) is 5.10 Å². The van der Waals surface area contributed by atoms with Crippen LogP contribution in [-0.4, -0.2) is 26.8 Å². The lowest BCUT2D eigenvalue weighted by Crippen LogP contribution is -2.36. The summed E-state index contributed by atoms with van der Waals surface area (Å²) >= 11 is 0. The third-order valence-electron chi connectivity index (χ3n) is 5.05. The van der Waals surface area contributed by atoms with Crippen LogP contribution in [0, 0.1) is 41.7 Å². The van der Waals surface area contributed by atoms with E-state index in [0.717, 1.165) is 12.8 Å². The van der Waals surface area contributed by atoms with Gasteiger partial charge >= 0.3 is 11.7 Å². The normalized spacial score (nSPS) is 24.2. The molecule has 0 radical (unpaired) electrons. The van der Waals surface area contributed by atoms with Gasteiger partial charge in [0.05, 0.1) is 4.92 Å². The molecular formula is C17H27N3O4. The third kappa shape index (κ3) is 3.94. The number of carbonyl (C=O) groups excluding carboxylic acids is 1. The van der Waals surface area contributed by atoms with Gasteiger partial charge in [-0.3, -0.25) is 19.6 Å². The predicted octanol–water partition coefficient (Wildman–Crippen LogP) is 3.41. The highest BCUT2D eigenvalue weighted by molar-refractivity contribution is 5.69. The van der Waals surface area contributed by atoms with E-state index in [0.29, 0.717) is 29.1 Å². The molecule has 0 bridgehead atoms. The highest BCUT2D eigenvalue weighted by Crippen LogP contribution is 2.35. The van der Waals surface area contributed by atoms with E-state index in [9.17, 15) is 14.9 Å². The first-order valence-electron chi connectivity index (χ1n) is 8.58. The van der Waals surface area contributed by atoms with Crippen LogP contribution < -0.4 is 0 Å². The van der Waals surface area contributed by atoms with Crippen LogP contribution in [0.3, 0.4) is 0 Å². The summed E-state index contributed by atoms with van der Waals surface area (Å²) in [6.45, 7) is 9.59. The zero-order chi connectivity index (χ0) is 18.0. The highest BCUT2D eigenvalue weighted by Gasteiger charge is 2.33. The highest BCUT2D eigenvalue weighted by atomic mass is 16.6. The fourth-order valence-electron chi connectivity index (χ4n) is 3.68. The molecule has 0 N–H and O–H groups in total. The molecule has 1 aromatic heterocycles. The number of aryl methyl sites for hydroxylation is 1. The van der Waals surface area contributed by atoms with Crippen molar-refractivity contribution in [1.29, 1.82) is 0 Å². The third-order valence-corrected chi connectivity index (χ3v) is 5.05.